The van der Waals surface area contributed by atoms with Crippen molar-refractivity contribution in [1.29, 1.82) is 0 Å². The van der Waals surface area contributed by atoms with Crippen molar-refractivity contribution in [1.82, 2.24) is 4.90 Å². The highest BCUT2D eigenvalue weighted by Gasteiger charge is 2.23. The Bertz CT molecular complexity index is 1030. The van der Waals surface area contributed by atoms with Gasteiger partial charge in [-0.05, 0) is 60.6 Å². The van der Waals surface area contributed by atoms with E-state index in [4.69, 9.17) is 16.3 Å². The number of carbonyl (C=O) groups excluding carboxylic acids is 2. The number of halogens is 1. The average Bonchev–Trinajstić information content (AvgIpc) is 2.88. The van der Waals surface area contributed by atoms with Crippen LogP contribution in [0.25, 0.3) is 0 Å². The topological polar surface area (TPSA) is 61.9 Å². The minimum absolute atomic E-state index is 0.0772. The van der Waals surface area contributed by atoms with Crippen molar-refractivity contribution in [2.24, 2.45) is 5.92 Å². The Kier molecular flexibility index (Phi) is 9.13. The third kappa shape index (κ3) is 7.16. The number of anilines is 2. The molecular formula is C29H38ClN3O3. The molecule has 0 bridgehead atoms. The number of hydrogen-bond acceptors (Lipinski definition) is 4. The molecule has 2 amide bonds. The lowest BCUT2D eigenvalue weighted by Gasteiger charge is -2.37. The third-order valence-electron chi connectivity index (χ3n) is 7.12. The molecule has 36 heavy (non-hydrogen) atoms. The lowest BCUT2D eigenvalue weighted by atomic mass is 9.84. The Hall–Kier alpha value is -2.73. The van der Waals surface area contributed by atoms with Gasteiger partial charge in [0.1, 0.15) is 5.75 Å². The molecule has 7 heteroatoms. The molecule has 4 rings (SSSR count). The van der Waals surface area contributed by atoms with Gasteiger partial charge in [-0.3, -0.25) is 9.59 Å². The summed E-state index contributed by atoms with van der Waals surface area (Å²) in [6, 6.07) is 13.7. The van der Waals surface area contributed by atoms with Crippen molar-refractivity contribution in [2.45, 2.75) is 58.3 Å². The van der Waals surface area contributed by atoms with Crippen LogP contribution in [0.15, 0.2) is 42.5 Å². The number of piperazine rings is 1. The van der Waals surface area contributed by atoms with Gasteiger partial charge in [0.15, 0.2) is 6.61 Å². The number of amides is 2. The van der Waals surface area contributed by atoms with Gasteiger partial charge in [-0.25, -0.2) is 0 Å². The molecule has 1 aliphatic heterocycles. The summed E-state index contributed by atoms with van der Waals surface area (Å²) in [5.41, 5.74) is 2.92. The van der Waals surface area contributed by atoms with Gasteiger partial charge in [0, 0.05) is 37.6 Å². The Balaban J connectivity index is 1.31. The van der Waals surface area contributed by atoms with Gasteiger partial charge >= 0.3 is 0 Å². The maximum absolute atomic E-state index is 12.7. The summed E-state index contributed by atoms with van der Waals surface area (Å²) in [6.45, 7) is 6.80. The molecule has 0 spiro atoms. The number of ether oxygens (including phenoxy) is 1. The second-order valence-electron chi connectivity index (χ2n) is 10.4. The van der Waals surface area contributed by atoms with Crippen molar-refractivity contribution in [2.75, 3.05) is 43.0 Å². The molecule has 1 saturated carbocycles. The molecule has 0 radical (unpaired) electrons. The van der Waals surface area contributed by atoms with Crippen LogP contribution in [0, 0.1) is 5.92 Å². The molecular weight excluding hydrogens is 474 g/mol. The van der Waals surface area contributed by atoms with Gasteiger partial charge in [0.2, 0.25) is 5.91 Å². The number of nitrogens with zero attached hydrogens (tertiary/aromatic N) is 2. The number of hydrogen-bond donors (Lipinski definition) is 1. The summed E-state index contributed by atoms with van der Waals surface area (Å²) in [5.74, 6) is 1.66. The van der Waals surface area contributed by atoms with Gasteiger partial charge in [0.05, 0.1) is 11.4 Å². The zero-order valence-electron chi connectivity index (χ0n) is 21.5. The van der Waals surface area contributed by atoms with Gasteiger partial charge in [-0.2, -0.15) is 0 Å². The zero-order valence-corrected chi connectivity index (χ0v) is 22.2. The zero-order chi connectivity index (χ0) is 25.5. The first-order chi connectivity index (χ1) is 17.4. The number of nitrogens with one attached hydrogen (secondary N) is 1. The van der Waals surface area contributed by atoms with Crippen LogP contribution in [-0.2, 0) is 9.59 Å². The van der Waals surface area contributed by atoms with Crippen LogP contribution < -0.4 is 15.0 Å². The fourth-order valence-electron chi connectivity index (χ4n) is 5.17. The quantitative estimate of drug-likeness (QED) is 0.465. The fourth-order valence-corrected chi connectivity index (χ4v) is 5.34. The van der Waals surface area contributed by atoms with Crippen molar-refractivity contribution in [3.05, 3.63) is 53.1 Å². The Morgan fingerprint density at radius 2 is 1.69 bits per heavy atom. The fraction of sp³-hybridized carbons (Fsp3) is 0.517. The molecule has 2 aromatic rings. The Morgan fingerprint density at radius 3 is 2.36 bits per heavy atom. The van der Waals surface area contributed by atoms with E-state index >= 15 is 0 Å². The summed E-state index contributed by atoms with van der Waals surface area (Å²) in [5, 5.41) is 3.53. The number of benzene rings is 2. The van der Waals surface area contributed by atoms with Crippen LogP contribution in [0.2, 0.25) is 5.02 Å². The van der Waals surface area contributed by atoms with Gasteiger partial charge in [-0.1, -0.05) is 56.8 Å². The molecule has 1 saturated heterocycles. The molecule has 1 N–H and O–H groups in total. The highest BCUT2D eigenvalue weighted by atomic mass is 35.5. The standard InChI is InChI=1S/C29H38ClN3O3/c1-21(2)18-29(35)33-16-14-32(15-17-33)27-13-10-24(30)19-26(27)31-28(34)20-36-25-11-8-23(9-12-25)22-6-4-3-5-7-22/h8-13,19,21-22H,3-7,14-18,20H2,1-2H3,(H,31,34). The predicted octanol–water partition coefficient (Wildman–Crippen LogP) is 6.10. The van der Waals surface area contributed by atoms with E-state index in [0.717, 1.165) is 5.69 Å². The van der Waals surface area contributed by atoms with E-state index in [1.807, 2.05) is 29.2 Å². The molecule has 1 heterocycles. The molecule has 194 valence electrons. The highest BCUT2D eigenvalue weighted by Crippen LogP contribution is 2.33. The average molecular weight is 512 g/mol. The van der Waals surface area contributed by atoms with E-state index in [1.54, 1.807) is 6.07 Å². The van der Waals surface area contributed by atoms with Crippen molar-refractivity contribution >= 4 is 34.8 Å². The largest absolute Gasteiger partial charge is 0.484 e. The van der Waals surface area contributed by atoms with E-state index in [9.17, 15) is 9.59 Å². The Morgan fingerprint density at radius 1 is 1.00 bits per heavy atom. The molecule has 6 nitrogen and oxygen atoms in total. The van der Waals surface area contributed by atoms with Crippen LogP contribution in [0.1, 0.15) is 63.9 Å². The van der Waals surface area contributed by atoms with E-state index in [-0.39, 0.29) is 18.4 Å². The maximum atomic E-state index is 12.7. The van der Waals surface area contributed by atoms with Gasteiger partial charge < -0.3 is 19.9 Å². The van der Waals surface area contributed by atoms with Crippen LogP contribution in [0.3, 0.4) is 0 Å². The summed E-state index contributed by atoms with van der Waals surface area (Å²) in [4.78, 5) is 29.3. The number of carbonyl (C=O) groups is 2. The van der Waals surface area contributed by atoms with Crippen LogP contribution in [-0.4, -0.2) is 49.5 Å². The lowest BCUT2D eigenvalue weighted by molar-refractivity contribution is -0.132. The highest BCUT2D eigenvalue weighted by molar-refractivity contribution is 6.31. The second-order valence-corrected chi connectivity index (χ2v) is 10.8. The van der Waals surface area contributed by atoms with E-state index in [0.29, 0.717) is 60.9 Å². The summed E-state index contributed by atoms with van der Waals surface area (Å²) < 4.78 is 5.77. The maximum Gasteiger partial charge on any atom is 0.262 e. The van der Waals surface area contributed by atoms with Gasteiger partial charge in [-0.15, -0.1) is 0 Å². The molecule has 1 aliphatic carbocycles. The first-order valence-corrected chi connectivity index (χ1v) is 13.6. The predicted molar refractivity (Wildman–Crippen MR) is 146 cm³/mol. The summed E-state index contributed by atoms with van der Waals surface area (Å²) >= 11 is 6.25. The minimum atomic E-state index is -0.236. The molecule has 2 aromatic carbocycles. The van der Waals surface area contributed by atoms with Crippen molar-refractivity contribution in [3.8, 4) is 5.75 Å². The normalized spacial score (nSPS) is 16.8. The lowest BCUT2D eigenvalue weighted by Crippen LogP contribution is -2.49. The molecule has 0 aromatic heterocycles. The molecule has 0 unspecified atom stereocenters. The van der Waals surface area contributed by atoms with E-state index in [2.05, 4.69) is 36.2 Å². The smallest absolute Gasteiger partial charge is 0.262 e. The summed E-state index contributed by atoms with van der Waals surface area (Å²) in [7, 11) is 0. The van der Waals surface area contributed by atoms with E-state index < -0.39 is 0 Å². The monoisotopic (exact) mass is 511 g/mol. The second kappa shape index (κ2) is 12.5. The molecule has 2 fully saturated rings. The third-order valence-corrected chi connectivity index (χ3v) is 7.35. The molecule has 0 atom stereocenters. The van der Waals surface area contributed by atoms with Crippen LogP contribution in [0.4, 0.5) is 11.4 Å². The Labute approximate surface area is 219 Å². The van der Waals surface area contributed by atoms with E-state index in [1.165, 1.54) is 37.7 Å². The molecule has 2 aliphatic rings. The first kappa shape index (κ1) is 26.3. The number of rotatable bonds is 8. The summed E-state index contributed by atoms with van der Waals surface area (Å²) in [6.07, 6.45) is 7.05. The van der Waals surface area contributed by atoms with Crippen LogP contribution >= 0.6 is 11.6 Å². The van der Waals surface area contributed by atoms with Crippen molar-refractivity contribution in [3.63, 3.8) is 0 Å². The minimum Gasteiger partial charge on any atom is -0.484 e. The van der Waals surface area contributed by atoms with Crippen molar-refractivity contribution < 1.29 is 14.3 Å². The van der Waals surface area contributed by atoms with Crippen LogP contribution in [0.5, 0.6) is 5.75 Å². The first-order valence-electron chi connectivity index (χ1n) is 13.2. The van der Waals surface area contributed by atoms with Gasteiger partial charge in [0.25, 0.3) is 5.91 Å². The SMILES string of the molecule is CC(C)CC(=O)N1CCN(c2ccc(Cl)cc2NC(=O)COc2ccc(C3CCCCC3)cc2)CC1.